The van der Waals surface area contributed by atoms with E-state index in [-0.39, 0.29) is 18.4 Å². The Hall–Kier alpha value is -2.76. The second kappa shape index (κ2) is 9.95. The number of nitrogens with zero attached hydrogens (tertiary/aromatic N) is 5. The molecule has 1 unspecified atom stereocenters. The third-order valence-corrected chi connectivity index (χ3v) is 8.79. The van der Waals surface area contributed by atoms with E-state index in [4.69, 9.17) is 19.4 Å². The Morgan fingerprint density at radius 2 is 2.03 bits per heavy atom. The molecule has 192 valence electrons. The van der Waals surface area contributed by atoms with Gasteiger partial charge in [0.05, 0.1) is 36.9 Å². The van der Waals surface area contributed by atoms with Gasteiger partial charge >= 0.3 is 5.97 Å². The number of aromatic nitrogens is 4. The van der Waals surface area contributed by atoms with Crippen LogP contribution in [0.5, 0.6) is 5.88 Å². The van der Waals surface area contributed by atoms with Gasteiger partial charge in [0, 0.05) is 37.3 Å². The average Bonchev–Trinajstić information content (AvgIpc) is 3.56. The predicted molar refractivity (Wildman–Crippen MR) is 136 cm³/mol. The Kier molecular flexibility index (Phi) is 6.53. The lowest BCUT2D eigenvalue weighted by atomic mass is 9.91. The fourth-order valence-electron chi connectivity index (χ4n) is 5.90. The van der Waals surface area contributed by atoms with E-state index in [1.54, 1.807) is 22.2 Å². The molecule has 3 aromatic heterocycles. The molecule has 4 heterocycles. The molecule has 0 spiro atoms. The minimum absolute atomic E-state index is 0.0219. The number of rotatable bonds is 7. The number of thiophene rings is 1. The maximum Gasteiger partial charge on any atom is 0.303 e. The molecule has 0 aromatic carbocycles. The zero-order valence-corrected chi connectivity index (χ0v) is 21.3. The van der Waals surface area contributed by atoms with Crippen molar-refractivity contribution in [3.63, 3.8) is 0 Å². The molecular formula is C25H32N6O4S. The number of nitrogens with one attached hydrogen (secondary N) is 1. The number of carboxylic acid groups (broad SMARTS) is 1. The van der Waals surface area contributed by atoms with Crippen LogP contribution >= 0.6 is 11.3 Å². The van der Waals surface area contributed by atoms with Gasteiger partial charge < -0.3 is 19.9 Å². The van der Waals surface area contributed by atoms with E-state index in [1.807, 2.05) is 13.2 Å². The number of hydrogen-bond donors (Lipinski definition) is 2. The normalized spacial score (nSPS) is 24.6. The lowest BCUT2D eigenvalue weighted by Crippen LogP contribution is -2.46. The van der Waals surface area contributed by atoms with Crippen molar-refractivity contribution in [2.75, 3.05) is 31.6 Å². The number of morpholine rings is 1. The molecule has 3 aromatic rings. The van der Waals surface area contributed by atoms with Gasteiger partial charge in [0.1, 0.15) is 10.9 Å². The van der Waals surface area contributed by atoms with Crippen LogP contribution < -0.4 is 10.1 Å². The van der Waals surface area contributed by atoms with Crippen LogP contribution in [0.15, 0.2) is 12.4 Å². The van der Waals surface area contributed by atoms with E-state index < -0.39 is 5.97 Å². The number of carbonyl (C=O) groups is 1. The maximum absolute atomic E-state index is 11.6. The summed E-state index contributed by atoms with van der Waals surface area (Å²) in [6.45, 7) is 3.67. The van der Waals surface area contributed by atoms with Crippen molar-refractivity contribution in [1.29, 1.82) is 0 Å². The summed E-state index contributed by atoms with van der Waals surface area (Å²) in [4.78, 5) is 25.8. The van der Waals surface area contributed by atoms with Gasteiger partial charge in [-0.3, -0.25) is 14.4 Å². The highest BCUT2D eigenvalue weighted by molar-refractivity contribution is 7.19. The van der Waals surface area contributed by atoms with Gasteiger partial charge in [0.25, 0.3) is 0 Å². The molecule has 1 saturated heterocycles. The minimum Gasteiger partial charge on any atom is -0.481 e. The Bertz CT molecular complexity index is 1240. The van der Waals surface area contributed by atoms with Crippen LogP contribution in [0.2, 0.25) is 0 Å². The number of aryl methyl sites for hydroxylation is 2. The van der Waals surface area contributed by atoms with Crippen LogP contribution in [0.1, 0.15) is 54.9 Å². The second-order valence-corrected chi connectivity index (χ2v) is 11.1. The summed E-state index contributed by atoms with van der Waals surface area (Å²) in [6, 6.07) is 0.590. The molecule has 0 radical (unpaired) electrons. The van der Waals surface area contributed by atoms with Gasteiger partial charge in [-0.15, -0.1) is 11.3 Å². The maximum atomic E-state index is 11.6. The lowest BCUT2D eigenvalue weighted by Gasteiger charge is -2.38. The van der Waals surface area contributed by atoms with Crippen LogP contribution in [-0.4, -0.2) is 74.2 Å². The Morgan fingerprint density at radius 1 is 1.22 bits per heavy atom. The number of aliphatic carboxylic acids is 1. The molecule has 0 amide bonds. The van der Waals surface area contributed by atoms with Gasteiger partial charge in [-0.25, -0.2) is 4.98 Å². The van der Waals surface area contributed by atoms with Gasteiger partial charge in [0.15, 0.2) is 0 Å². The van der Waals surface area contributed by atoms with Crippen molar-refractivity contribution in [2.45, 2.75) is 63.0 Å². The van der Waals surface area contributed by atoms with Crippen molar-refractivity contribution < 1.29 is 19.4 Å². The third-order valence-electron chi connectivity index (χ3n) is 7.63. The summed E-state index contributed by atoms with van der Waals surface area (Å²) in [7, 11) is 1.86. The minimum atomic E-state index is -0.771. The van der Waals surface area contributed by atoms with E-state index in [0.717, 1.165) is 86.3 Å². The fourth-order valence-corrected chi connectivity index (χ4v) is 7.17. The van der Waals surface area contributed by atoms with E-state index in [1.165, 1.54) is 4.88 Å². The molecule has 10 nitrogen and oxygen atoms in total. The molecule has 6 rings (SSSR count). The quantitative estimate of drug-likeness (QED) is 0.489. The van der Waals surface area contributed by atoms with Crippen molar-refractivity contribution in [1.82, 2.24) is 24.6 Å². The number of anilines is 2. The Balaban J connectivity index is 1.28. The molecule has 3 aliphatic rings. The first-order valence-electron chi connectivity index (χ1n) is 12.8. The van der Waals surface area contributed by atoms with E-state index >= 15 is 0 Å². The SMILES string of the molecule is Cn1cc(Nc2nc(OC3CCC(N4CCOCC4)CC3)c3c4c(sc3n2)CCC4CC(=O)O)cn1. The van der Waals surface area contributed by atoms with Crippen molar-refractivity contribution in [3.8, 4) is 5.88 Å². The van der Waals surface area contributed by atoms with E-state index in [9.17, 15) is 9.90 Å². The van der Waals surface area contributed by atoms with Crippen molar-refractivity contribution in [3.05, 3.63) is 22.8 Å². The number of carboxylic acids is 1. The zero-order valence-electron chi connectivity index (χ0n) is 20.5. The van der Waals surface area contributed by atoms with Crippen molar-refractivity contribution >= 4 is 39.2 Å². The van der Waals surface area contributed by atoms with Gasteiger partial charge in [0.2, 0.25) is 11.8 Å². The highest BCUT2D eigenvalue weighted by Crippen LogP contribution is 2.48. The standard InChI is InChI=1S/C25H32N6O4S/c1-30-14-16(13-26-30)27-25-28-23(35-18-5-3-17(4-6-18)31-8-10-34-11-9-31)22-21-15(12-20(32)33)2-7-19(21)36-24(22)29-25/h13-15,17-18H,2-12H2,1H3,(H,32,33)(H,27,28,29). The van der Waals surface area contributed by atoms with Crippen LogP contribution in [0.25, 0.3) is 10.2 Å². The monoisotopic (exact) mass is 512 g/mol. The molecular weight excluding hydrogens is 480 g/mol. The molecule has 2 N–H and O–H groups in total. The van der Waals surface area contributed by atoms with E-state index in [2.05, 4.69) is 15.3 Å². The Morgan fingerprint density at radius 3 is 2.75 bits per heavy atom. The highest BCUT2D eigenvalue weighted by atomic mass is 32.1. The smallest absolute Gasteiger partial charge is 0.303 e. The van der Waals surface area contributed by atoms with Crippen LogP contribution in [0, 0.1) is 0 Å². The number of hydrogen-bond acceptors (Lipinski definition) is 9. The topological polar surface area (TPSA) is 115 Å². The number of ether oxygens (including phenoxy) is 2. The van der Waals surface area contributed by atoms with Gasteiger partial charge in [-0.2, -0.15) is 10.1 Å². The zero-order chi connectivity index (χ0) is 24.6. The summed E-state index contributed by atoms with van der Waals surface area (Å²) < 4.78 is 13.9. The van der Waals surface area contributed by atoms with Crippen molar-refractivity contribution in [2.24, 2.45) is 7.05 Å². The first kappa shape index (κ1) is 23.6. The summed E-state index contributed by atoms with van der Waals surface area (Å²) in [6.07, 6.45) is 9.70. The van der Waals surface area contributed by atoms with Crippen LogP contribution in [-0.2, 0) is 23.0 Å². The fraction of sp³-hybridized carbons (Fsp3) is 0.600. The molecule has 2 aliphatic carbocycles. The second-order valence-electron chi connectivity index (χ2n) is 10.0. The van der Waals surface area contributed by atoms with E-state index in [0.29, 0.717) is 17.9 Å². The van der Waals surface area contributed by atoms with Crippen LogP contribution in [0.3, 0.4) is 0 Å². The van der Waals surface area contributed by atoms with Gasteiger partial charge in [-0.05, 0) is 50.0 Å². The molecule has 1 atom stereocenters. The lowest BCUT2D eigenvalue weighted by molar-refractivity contribution is -0.137. The summed E-state index contributed by atoms with van der Waals surface area (Å²) in [5.41, 5.74) is 1.89. The highest BCUT2D eigenvalue weighted by Gasteiger charge is 2.34. The summed E-state index contributed by atoms with van der Waals surface area (Å²) in [5.74, 6) is 0.261. The first-order chi connectivity index (χ1) is 17.5. The summed E-state index contributed by atoms with van der Waals surface area (Å²) in [5, 5.41) is 17.9. The number of fused-ring (bicyclic) bond motifs is 3. The molecule has 0 bridgehead atoms. The van der Waals surface area contributed by atoms with Gasteiger partial charge in [-0.1, -0.05) is 0 Å². The van der Waals surface area contributed by atoms with Crippen LogP contribution in [0.4, 0.5) is 11.6 Å². The molecule has 1 saturated carbocycles. The molecule has 2 fully saturated rings. The molecule has 1 aliphatic heterocycles. The first-order valence-corrected chi connectivity index (χ1v) is 13.6. The molecule has 11 heteroatoms. The molecule has 36 heavy (non-hydrogen) atoms. The Labute approximate surface area is 213 Å². The average molecular weight is 513 g/mol. The third kappa shape index (κ3) is 4.79. The summed E-state index contributed by atoms with van der Waals surface area (Å²) >= 11 is 1.64. The predicted octanol–water partition coefficient (Wildman–Crippen LogP) is 3.70. The largest absolute Gasteiger partial charge is 0.481 e.